The Balaban J connectivity index is 1.36. The molecule has 0 aliphatic heterocycles. The largest absolute Gasteiger partial charge is 0.484 e. The van der Waals surface area contributed by atoms with Crippen molar-refractivity contribution in [1.82, 2.24) is 10.1 Å². The molecule has 0 unspecified atom stereocenters. The third kappa shape index (κ3) is 4.59. The zero-order chi connectivity index (χ0) is 19.3. The molecule has 0 atom stereocenters. The van der Waals surface area contributed by atoms with Crippen molar-refractivity contribution in [2.75, 3.05) is 5.32 Å². The van der Waals surface area contributed by atoms with Crippen LogP contribution in [0.1, 0.15) is 57.5 Å². The van der Waals surface area contributed by atoms with E-state index in [1.54, 1.807) is 18.3 Å². The Labute approximate surface area is 167 Å². The van der Waals surface area contributed by atoms with Gasteiger partial charge in [0.1, 0.15) is 5.75 Å². The minimum Gasteiger partial charge on any atom is -0.484 e. The highest BCUT2D eigenvalue weighted by molar-refractivity contribution is 7.14. The first kappa shape index (κ1) is 18.7. The van der Waals surface area contributed by atoms with Gasteiger partial charge in [0.15, 0.2) is 12.4 Å². The fourth-order valence-electron chi connectivity index (χ4n) is 3.33. The number of fused-ring (bicyclic) bond motifs is 1. The Kier molecular flexibility index (Phi) is 5.71. The number of hydrogen-bond donors (Lipinski definition) is 1. The highest BCUT2D eigenvalue weighted by atomic mass is 32.1. The van der Waals surface area contributed by atoms with Crippen LogP contribution < -0.4 is 10.1 Å². The van der Waals surface area contributed by atoms with E-state index in [4.69, 9.17) is 9.26 Å². The molecule has 28 heavy (non-hydrogen) atoms. The van der Waals surface area contributed by atoms with Crippen molar-refractivity contribution in [3.63, 3.8) is 0 Å². The minimum atomic E-state index is -0.0493. The number of carbonyl (C=O) groups excluding carboxylic acids is 1. The van der Waals surface area contributed by atoms with Gasteiger partial charge in [0.05, 0.1) is 4.88 Å². The summed E-state index contributed by atoms with van der Waals surface area (Å²) in [6.45, 7) is 1.98. The molecule has 4 rings (SSSR count). The van der Waals surface area contributed by atoms with Gasteiger partial charge in [-0.15, -0.1) is 11.3 Å². The number of benzene rings is 1. The van der Waals surface area contributed by atoms with E-state index in [0.717, 1.165) is 23.4 Å². The predicted molar refractivity (Wildman–Crippen MR) is 108 cm³/mol. The van der Waals surface area contributed by atoms with Crippen molar-refractivity contribution >= 4 is 22.9 Å². The average molecular weight is 398 g/mol. The summed E-state index contributed by atoms with van der Waals surface area (Å²) in [7, 11) is 0. The molecular formula is C21H23N3O3S. The molecule has 0 saturated heterocycles. The Hall–Kier alpha value is -2.67. The SMILES string of the molecule is Cc1noc(COc2ccc(NC(=O)c3cc4c(s3)CCCCCC4)cc2)n1. The van der Waals surface area contributed by atoms with Crippen molar-refractivity contribution in [3.8, 4) is 5.75 Å². The highest BCUT2D eigenvalue weighted by Gasteiger charge is 2.16. The number of amides is 1. The summed E-state index contributed by atoms with van der Waals surface area (Å²) in [5.74, 6) is 1.64. The minimum absolute atomic E-state index is 0.0493. The van der Waals surface area contributed by atoms with Crippen molar-refractivity contribution in [2.45, 2.75) is 52.1 Å². The Morgan fingerprint density at radius 3 is 2.71 bits per heavy atom. The molecule has 2 aromatic heterocycles. The third-order valence-electron chi connectivity index (χ3n) is 4.76. The maximum atomic E-state index is 12.6. The van der Waals surface area contributed by atoms with Gasteiger partial charge in [-0.1, -0.05) is 18.0 Å². The lowest BCUT2D eigenvalue weighted by atomic mass is 10.00. The fourth-order valence-corrected chi connectivity index (χ4v) is 4.48. The molecule has 146 valence electrons. The van der Waals surface area contributed by atoms with Gasteiger partial charge in [-0.25, -0.2) is 0 Å². The zero-order valence-corrected chi connectivity index (χ0v) is 16.7. The second-order valence-electron chi connectivity index (χ2n) is 6.98. The summed E-state index contributed by atoms with van der Waals surface area (Å²) in [6, 6.07) is 9.36. The molecule has 2 heterocycles. The normalized spacial score (nSPS) is 14.0. The van der Waals surface area contributed by atoms with Crippen molar-refractivity contribution < 1.29 is 14.1 Å². The number of nitrogens with zero attached hydrogens (tertiary/aromatic N) is 2. The van der Waals surface area contributed by atoms with Crippen LogP contribution in [-0.4, -0.2) is 16.0 Å². The standard InChI is InChI=1S/C21H23N3O3S/c1-14-22-20(27-24-14)13-26-17-10-8-16(9-11-17)23-21(25)19-12-15-6-4-2-3-5-7-18(15)28-19/h8-12H,2-7,13H2,1H3,(H,23,25). The van der Waals surface area contributed by atoms with Crippen molar-refractivity contribution in [3.05, 3.63) is 57.4 Å². The van der Waals surface area contributed by atoms with E-state index in [-0.39, 0.29) is 12.5 Å². The van der Waals surface area contributed by atoms with Crippen LogP contribution in [0, 0.1) is 6.92 Å². The number of aryl methyl sites for hydroxylation is 3. The molecule has 7 heteroatoms. The molecule has 3 aromatic rings. The van der Waals surface area contributed by atoms with Gasteiger partial charge in [0.2, 0.25) is 0 Å². The summed E-state index contributed by atoms with van der Waals surface area (Å²) in [5.41, 5.74) is 2.10. The molecular weight excluding hydrogens is 374 g/mol. The second kappa shape index (κ2) is 8.56. The second-order valence-corrected chi connectivity index (χ2v) is 8.11. The number of hydrogen-bond acceptors (Lipinski definition) is 6. The molecule has 6 nitrogen and oxygen atoms in total. The van der Waals surface area contributed by atoms with Gasteiger partial charge in [0, 0.05) is 10.6 Å². The molecule has 1 aromatic carbocycles. The number of thiophene rings is 1. The zero-order valence-electron chi connectivity index (χ0n) is 15.9. The maximum Gasteiger partial charge on any atom is 0.265 e. The van der Waals surface area contributed by atoms with Gasteiger partial charge in [-0.3, -0.25) is 4.79 Å². The molecule has 0 radical (unpaired) electrons. The number of ether oxygens (including phenoxy) is 1. The van der Waals surface area contributed by atoms with E-state index in [2.05, 4.69) is 21.5 Å². The Bertz CT molecular complexity index is 921. The van der Waals surface area contributed by atoms with Crippen LogP contribution >= 0.6 is 11.3 Å². The van der Waals surface area contributed by atoms with Gasteiger partial charge >= 0.3 is 0 Å². The van der Waals surface area contributed by atoms with E-state index in [1.807, 2.05) is 24.3 Å². The molecule has 1 aliphatic rings. The topological polar surface area (TPSA) is 77.3 Å². The summed E-state index contributed by atoms with van der Waals surface area (Å²) in [4.78, 5) is 18.9. The lowest BCUT2D eigenvalue weighted by Gasteiger charge is -2.07. The van der Waals surface area contributed by atoms with Gasteiger partial charge in [-0.05, 0) is 68.5 Å². The lowest BCUT2D eigenvalue weighted by molar-refractivity contribution is 0.103. The van der Waals surface area contributed by atoms with Crippen LogP contribution in [-0.2, 0) is 19.4 Å². The first-order valence-corrected chi connectivity index (χ1v) is 10.4. The van der Waals surface area contributed by atoms with Crippen molar-refractivity contribution in [1.29, 1.82) is 0 Å². The maximum absolute atomic E-state index is 12.6. The molecule has 1 N–H and O–H groups in total. The van der Waals surface area contributed by atoms with E-state index in [0.29, 0.717) is 17.5 Å². The molecule has 1 aliphatic carbocycles. The van der Waals surface area contributed by atoms with Crippen LogP contribution in [0.4, 0.5) is 5.69 Å². The van der Waals surface area contributed by atoms with E-state index >= 15 is 0 Å². The van der Waals surface area contributed by atoms with Gasteiger partial charge in [-0.2, -0.15) is 4.98 Å². The molecule has 0 fully saturated rings. The lowest BCUT2D eigenvalue weighted by Crippen LogP contribution is -2.10. The molecule has 0 bridgehead atoms. The highest BCUT2D eigenvalue weighted by Crippen LogP contribution is 2.29. The summed E-state index contributed by atoms with van der Waals surface area (Å²) < 4.78 is 10.6. The smallest absolute Gasteiger partial charge is 0.265 e. The summed E-state index contributed by atoms with van der Waals surface area (Å²) in [6.07, 6.45) is 7.20. The number of anilines is 1. The van der Waals surface area contributed by atoms with Crippen molar-refractivity contribution in [2.24, 2.45) is 0 Å². The number of carbonyl (C=O) groups is 1. The van der Waals surface area contributed by atoms with Gasteiger partial charge < -0.3 is 14.6 Å². The summed E-state index contributed by atoms with van der Waals surface area (Å²) in [5, 5.41) is 6.70. The quantitative estimate of drug-likeness (QED) is 0.660. The molecule has 0 spiro atoms. The Morgan fingerprint density at radius 1 is 1.18 bits per heavy atom. The Morgan fingerprint density at radius 2 is 1.96 bits per heavy atom. The number of rotatable bonds is 5. The van der Waals surface area contributed by atoms with Crippen LogP contribution in [0.25, 0.3) is 0 Å². The van der Waals surface area contributed by atoms with E-state index < -0.39 is 0 Å². The third-order valence-corrected chi connectivity index (χ3v) is 6.00. The number of aromatic nitrogens is 2. The van der Waals surface area contributed by atoms with E-state index in [1.165, 1.54) is 36.1 Å². The van der Waals surface area contributed by atoms with Crippen LogP contribution in [0.2, 0.25) is 0 Å². The first-order valence-electron chi connectivity index (χ1n) is 9.62. The average Bonchev–Trinajstić information content (AvgIpc) is 3.27. The molecule has 0 saturated carbocycles. The summed E-state index contributed by atoms with van der Waals surface area (Å²) >= 11 is 1.64. The predicted octanol–water partition coefficient (Wildman–Crippen LogP) is 4.93. The van der Waals surface area contributed by atoms with Crippen LogP contribution in [0.5, 0.6) is 5.75 Å². The molecule has 1 amide bonds. The van der Waals surface area contributed by atoms with Crippen LogP contribution in [0.15, 0.2) is 34.9 Å². The van der Waals surface area contributed by atoms with E-state index in [9.17, 15) is 4.79 Å². The monoisotopic (exact) mass is 397 g/mol. The fraction of sp³-hybridized carbons (Fsp3) is 0.381. The first-order chi connectivity index (χ1) is 13.7. The van der Waals surface area contributed by atoms with Gasteiger partial charge in [0.25, 0.3) is 11.8 Å². The number of nitrogens with one attached hydrogen (secondary N) is 1. The van der Waals surface area contributed by atoms with Crippen LogP contribution in [0.3, 0.4) is 0 Å².